The first kappa shape index (κ1) is 17.6. The summed E-state index contributed by atoms with van der Waals surface area (Å²) < 4.78 is 13.8. The Bertz CT molecular complexity index is 825. The van der Waals surface area contributed by atoms with Crippen molar-refractivity contribution < 1.29 is 9.50 Å². The number of hydrogen-bond donors (Lipinski definition) is 1. The summed E-state index contributed by atoms with van der Waals surface area (Å²) in [5, 5.41) is 10.5. The number of pyridine rings is 1. The molecule has 0 amide bonds. The third-order valence-corrected chi connectivity index (χ3v) is 8.31. The van der Waals surface area contributed by atoms with Crippen LogP contribution in [0.3, 0.4) is 0 Å². The maximum absolute atomic E-state index is 13.8. The third kappa shape index (κ3) is 2.73. The predicted octanol–water partition coefficient (Wildman–Crippen LogP) is 5.54. The number of fused-ring (bicyclic) bond motifs is 5. The Balaban J connectivity index is 1.44. The maximum Gasteiger partial charge on any atom is 0.142 e. The second kappa shape index (κ2) is 6.01. The molecule has 5 unspecified atom stereocenters. The molecular formula is C24H30FNO. The van der Waals surface area contributed by atoms with E-state index in [1.807, 2.05) is 13.1 Å². The van der Waals surface area contributed by atoms with Gasteiger partial charge in [-0.05, 0) is 98.2 Å². The Labute approximate surface area is 161 Å². The van der Waals surface area contributed by atoms with E-state index in [1.54, 1.807) is 6.07 Å². The molecule has 0 saturated heterocycles. The van der Waals surface area contributed by atoms with Gasteiger partial charge in [-0.15, -0.1) is 0 Å². The van der Waals surface area contributed by atoms with E-state index in [4.69, 9.17) is 0 Å². The number of aliphatic hydroxyl groups is 1. The summed E-state index contributed by atoms with van der Waals surface area (Å²) in [6, 6.07) is 1.65. The Morgan fingerprint density at radius 3 is 2.74 bits per heavy atom. The van der Waals surface area contributed by atoms with Crippen LogP contribution in [0.2, 0.25) is 0 Å². The van der Waals surface area contributed by atoms with Crippen molar-refractivity contribution in [2.45, 2.75) is 64.4 Å². The number of rotatable bonds is 1. The molecule has 4 aliphatic rings. The van der Waals surface area contributed by atoms with Gasteiger partial charge in [0.1, 0.15) is 5.82 Å². The van der Waals surface area contributed by atoms with Crippen LogP contribution in [0.25, 0.3) is 5.57 Å². The monoisotopic (exact) mass is 367 g/mol. The van der Waals surface area contributed by atoms with E-state index in [1.165, 1.54) is 30.2 Å². The average molecular weight is 368 g/mol. The van der Waals surface area contributed by atoms with Crippen LogP contribution in [-0.4, -0.2) is 15.7 Å². The summed E-state index contributed by atoms with van der Waals surface area (Å²) in [5.74, 6) is 2.56. The topological polar surface area (TPSA) is 33.1 Å². The predicted molar refractivity (Wildman–Crippen MR) is 105 cm³/mol. The quantitative estimate of drug-likeness (QED) is 0.661. The highest BCUT2D eigenvalue weighted by Crippen LogP contribution is 2.63. The molecule has 1 heterocycles. The molecule has 0 aliphatic heterocycles. The van der Waals surface area contributed by atoms with Gasteiger partial charge in [0.25, 0.3) is 0 Å². The Morgan fingerprint density at radius 2 is 1.93 bits per heavy atom. The lowest BCUT2D eigenvalue weighted by atomic mass is 9.51. The van der Waals surface area contributed by atoms with Gasteiger partial charge in [-0.2, -0.15) is 0 Å². The summed E-state index contributed by atoms with van der Waals surface area (Å²) >= 11 is 0. The standard InChI is InChI=1S/C24H30FNO/c1-23(27)9-7-18-15(12-23)3-4-20-19(18)8-10-24(2)21(5-6-22(20)24)16-11-17(25)14-26-13-16/h3,5,11,13-14,18-20,22,27H,4,6-10,12H2,1-2H3/t18?,19?,20?,22?,23-,24?/m1/s1. The normalized spacial score (nSPS) is 43.3. The third-order valence-electron chi connectivity index (χ3n) is 8.31. The van der Waals surface area contributed by atoms with E-state index in [0.717, 1.165) is 49.5 Å². The zero-order valence-electron chi connectivity index (χ0n) is 16.4. The van der Waals surface area contributed by atoms with Crippen LogP contribution in [-0.2, 0) is 0 Å². The van der Waals surface area contributed by atoms with Gasteiger partial charge in [0, 0.05) is 6.20 Å². The van der Waals surface area contributed by atoms with Crippen LogP contribution < -0.4 is 0 Å². The van der Waals surface area contributed by atoms with Crippen LogP contribution in [0.15, 0.2) is 36.2 Å². The second-order valence-electron chi connectivity index (χ2n) is 9.97. The van der Waals surface area contributed by atoms with Crippen molar-refractivity contribution in [3.05, 3.63) is 47.6 Å². The molecule has 1 aromatic heterocycles. The minimum Gasteiger partial charge on any atom is -0.390 e. The molecule has 2 nitrogen and oxygen atoms in total. The van der Waals surface area contributed by atoms with Gasteiger partial charge in [0.05, 0.1) is 11.8 Å². The van der Waals surface area contributed by atoms with Crippen LogP contribution >= 0.6 is 0 Å². The molecule has 0 aromatic carbocycles. The summed E-state index contributed by atoms with van der Waals surface area (Å²) in [4.78, 5) is 4.10. The molecule has 4 aliphatic carbocycles. The van der Waals surface area contributed by atoms with Crippen LogP contribution in [0.4, 0.5) is 4.39 Å². The van der Waals surface area contributed by atoms with Gasteiger partial charge in [-0.3, -0.25) is 4.98 Å². The molecule has 144 valence electrons. The number of nitrogens with zero attached hydrogens (tertiary/aromatic N) is 1. The Hall–Kier alpha value is -1.48. The highest BCUT2D eigenvalue weighted by Gasteiger charge is 2.54. The first-order valence-electron chi connectivity index (χ1n) is 10.6. The minimum atomic E-state index is -0.509. The molecule has 0 radical (unpaired) electrons. The average Bonchev–Trinajstić information content (AvgIpc) is 2.97. The number of allylic oxidation sites excluding steroid dienone is 3. The molecule has 2 saturated carbocycles. The zero-order valence-corrected chi connectivity index (χ0v) is 16.4. The van der Waals surface area contributed by atoms with Crippen LogP contribution in [0.5, 0.6) is 0 Å². The highest BCUT2D eigenvalue weighted by atomic mass is 19.1. The Kier molecular flexibility index (Phi) is 3.92. The van der Waals surface area contributed by atoms with E-state index in [0.29, 0.717) is 11.8 Å². The fraction of sp³-hybridized carbons (Fsp3) is 0.625. The smallest absolute Gasteiger partial charge is 0.142 e. The minimum absolute atomic E-state index is 0.141. The molecule has 1 aromatic rings. The maximum atomic E-state index is 13.8. The van der Waals surface area contributed by atoms with Crippen molar-refractivity contribution in [3.8, 4) is 0 Å². The fourth-order valence-electron chi connectivity index (χ4n) is 7.04. The molecule has 27 heavy (non-hydrogen) atoms. The van der Waals surface area contributed by atoms with Crippen molar-refractivity contribution in [3.63, 3.8) is 0 Å². The van der Waals surface area contributed by atoms with Gasteiger partial charge in [0.15, 0.2) is 0 Å². The molecule has 5 rings (SSSR count). The number of halogens is 1. The highest BCUT2D eigenvalue weighted by molar-refractivity contribution is 5.72. The molecule has 0 bridgehead atoms. The summed E-state index contributed by atoms with van der Waals surface area (Å²) in [5.41, 5.74) is 3.45. The van der Waals surface area contributed by atoms with Gasteiger partial charge in [-0.1, -0.05) is 24.6 Å². The molecule has 0 spiro atoms. The molecule has 3 heteroatoms. The van der Waals surface area contributed by atoms with Crippen molar-refractivity contribution in [2.75, 3.05) is 0 Å². The van der Waals surface area contributed by atoms with Gasteiger partial charge < -0.3 is 5.11 Å². The van der Waals surface area contributed by atoms with Gasteiger partial charge in [0.2, 0.25) is 0 Å². The molecule has 1 N–H and O–H groups in total. The molecule has 2 fully saturated rings. The summed E-state index contributed by atoms with van der Waals surface area (Å²) in [6.45, 7) is 4.40. The first-order chi connectivity index (χ1) is 12.9. The SMILES string of the molecule is CC12CCC3C4CC[C@@](C)(O)CC4=CCC3C1CC=C2c1cncc(F)c1. The van der Waals surface area contributed by atoms with Crippen molar-refractivity contribution >= 4 is 5.57 Å². The lowest BCUT2D eigenvalue weighted by Gasteiger charge is -2.54. The van der Waals surface area contributed by atoms with E-state index >= 15 is 0 Å². The number of aromatic nitrogens is 1. The van der Waals surface area contributed by atoms with Crippen LogP contribution in [0.1, 0.15) is 64.4 Å². The van der Waals surface area contributed by atoms with Gasteiger partial charge in [-0.25, -0.2) is 4.39 Å². The van der Waals surface area contributed by atoms with Crippen molar-refractivity contribution in [1.29, 1.82) is 0 Å². The van der Waals surface area contributed by atoms with Crippen molar-refractivity contribution in [2.24, 2.45) is 29.1 Å². The summed E-state index contributed by atoms with van der Waals surface area (Å²) in [7, 11) is 0. The van der Waals surface area contributed by atoms with Crippen molar-refractivity contribution in [1.82, 2.24) is 4.98 Å². The zero-order chi connectivity index (χ0) is 18.8. The summed E-state index contributed by atoms with van der Waals surface area (Å²) in [6.07, 6.45) is 15.6. The molecule has 6 atom stereocenters. The lowest BCUT2D eigenvalue weighted by Crippen LogP contribution is -2.46. The molecular weight excluding hydrogens is 337 g/mol. The fourth-order valence-corrected chi connectivity index (χ4v) is 7.04. The van der Waals surface area contributed by atoms with E-state index in [-0.39, 0.29) is 11.2 Å². The van der Waals surface area contributed by atoms with Gasteiger partial charge >= 0.3 is 0 Å². The first-order valence-corrected chi connectivity index (χ1v) is 10.6. The van der Waals surface area contributed by atoms with E-state index in [9.17, 15) is 9.50 Å². The van der Waals surface area contributed by atoms with Crippen LogP contribution in [0, 0.1) is 34.9 Å². The Morgan fingerprint density at radius 1 is 1.07 bits per heavy atom. The van der Waals surface area contributed by atoms with E-state index in [2.05, 4.69) is 24.1 Å². The van der Waals surface area contributed by atoms with E-state index < -0.39 is 5.60 Å². The largest absolute Gasteiger partial charge is 0.390 e. The second-order valence-corrected chi connectivity index (χ2v) is 9.97. The lowest BCUT2D eigenvalue weighted by molar-refractivity contribution is -0.0122. The number of hydrogen-bond acceptors (Lipinski definition) is 2.